The van der Waals surface area contributed by atoms with Gasteiger partial charge in [-0.05, 0) is 25.7 Å². The Hall–Kier alpha value is -0.700. The number of thiazole rings is 1. The molecule has 2 rings (SSSR count). The minimum Gasteiger partial charge on any atom is -0.381 e. The first-order chi connectivity index (χ1) is 8.49. The van der Waals surface area contributed by atoms with Crippen molar-refractivity contribution < 1.29 is 13.2 Å². The SMILES string of the molecule is Cc1[nH]c(=O)sc1S(=O)(=O)NCCC1CCOC1. The average molecular weight is 292 g/mol. The average Bonchev–Trinajstić information content (AvgIpc) is 2.88. The van der Waals surface area contributed by atoms with Crippen LogP contribution in [-0.2, 0) is 14.8 Å². The number of H-pyrrole nitrogens is 1. The smallest absolute Gasteiger partial charge is 0.305 e. The lowest BCUT2D eigenvalue weighted by atomic mass is 10.1. The number of nitrogens with one attached hydrogen (secondary N) is 2. The largest absolute Gasteiger partial charge is 0.381 e. The fraction of sp³-hybridized carbons (Fsp3) is 0.700. The Morgan fingerprint density at radius 2 is 2.33 bits per heavy atom. The molecule has 0 aromatic carbocycles. The molecule has 102 valence electrons. The van der Waals surface area contributed by atoms with E-state index in [4.69, 9.17) is 4.74 Å². The van der Waals surface area contributed by atoms with Crippen molar-refractivity contribution in [2.75, 3.05) is 19.8 Å². The number of aromatic amines is 1. The molecule has 0 amide bonds. The monoisotopic (exact) mass is 292 g/mol. The summed E-state index contributed by atoms with van der Waals surface area (Å²) in [6.45, 7) is 3.42. The van der Waals surface area contributed by atoms with Crippen molar-refractivity contribution in [3.05, 3.63) is 15.4 Å². The van der Waals surface area contributed by atoms with Gasteiger partial charge >= 0.3 is 4.87 Å². The molecule has 1 saturated heterocycles. The molecule has 2 N–H and O–H groups in total. The fourth-order valence-electron chi connectivity index (χ4n) is 1.92. The molecule has 1 aromatic heterocycles. The van der Waals surface area contributed by atoms with Crippen molar-refractivity contribution in [3.63, 3.8) is 0 Å². The second-order valence-corrected chi connectivity index (χ2v) is 7.29. The Morgan fingerprint density at radius 3 is 2.89 bits per heavy atom. The summed E-state index contributed by atoms with van der Waals surface area (Å²) >= 11 is 0.718. The third kappa shape index (κ3) is 3.19. The van der Waals surface area contributed by atoms with Crippen molar-refractivity contribution in [2.45, 2.75) is 24.0 Å². The van der Waals surface area contributed by atoms with E-state index in [1.165, 1.54) is 0 Å². The zero-order valence-electron chi connectivity index (χ0n) is 10.1. The van der Waals surface area contributed by atoms with Crippen LogP contribution in [0, 0.1) is 12.8 Å². The van der Waals surface area contributed by atoms with Gasteiger partial charge in [-0.3, -0.25) is 4.79 Å². The van der Waals surface area contributed by atoms with E-state index in [1.807, 2.05) is 0 Å². The minimum atomic E-state index is -3.57. The minimum absolute atomic E-state index is 0.0789. The fourth-order valence-corrected chi connectivity index (χ4v) is 4.31. The van der Waals surface area contributed by atoms with E-state index in [-0.39, 0.29) is 9.08 Å². The van der Waals surface area contributed by atoms with Gasteiger partial charge in [0.1, 0.15) is 0 Å². The maximum Gasteiger partial charge on any atom is 0.305 e. The van der Waals surface area contributed by atoms with E-state index in [9.17, 15) is 13.2 Å². The van der Waals surface area contributed by atoms with Crippen LogP contribution in [0.1, 0.15) is 18.5 Å². The first-order valence-electron chi connectivity index (χ1n) is 5.76. The van der Waals surface area contributed by atoms with Crippen LogP contribution >= 0.6 is 11.3 Å². The molecule has 1 unspecified atom stereocenters. The summed E-state index contributed by atoms with van der Waals surface area (Å²) in [4.78, 5) is 13.2. The molecule has 0 aliphatic carbocycles. The van der Waals surface area contributed by atoms with E-state index in [0.29, 0.717) is 24.8 Å². The van der Waals surface area contributed by atoms with E-state index >= 15 is 0 Å². The van der Waals surface area contributed by atoms with Gasteiger partial charge < -0.3 is 9.72 Å². The molecule has 1 fully saturated rings. The molecule has 6 nitrogen and oxygen atoms in total. The van der Waals surface area contributed by atoms with Crippen LogP contribution in [0.5, 0.6) is 0 Å². The molecule has 1 atom stereocenters. The van der Waals surface area contributed by atoms with Crippen LogP contribution in [0.15, 0.2) is 9.00 Å². The second kappa shape index (κ2) is 5.52. The predicted molar refractivity (Wildman–Crippen MR) is 68.4 cm³/mol. The van der Waals surface area contributed by atoms with Gasteiger partial charge in [0, 0.05) is 25.5 Å². The van der Waals surface area contributed by atoms with E-state index in [0.717, 1.165) is 30.8 Å². The number of hydrogen-bond acceptors (Lipinski definition) is 5. The Morgan fingerprint density at radius 1 is 1.56 bits per heavy atom. The summed E-state index contributed by atoms with van der Waals surface area (Å²) in [5.74, 6) is 0.429. The molecule has 1 aliphatic heterocycles. The Labute approximate surface area is 109 Å². The van der Waals surface area contributed by atoms with E-state index in [2.05, 4.69) is 9.71 Å². The van der Waals surface area contributed by atoms with Gasteiger partial charge in [0.25, 0.3) is 10.0 Å². The summed E-state index contributed by atoms with van der Waals surface area (Å²) in [7, 11) is -3.57. The number of aryl methyl sites for hydroxylation is 1. The van der Waals surface area contributed by atoms with Gasteiger partial charge in [0.2, 0.25) is 0 Å². The number of hydrogen-bond donors (Lipinski definition) is 2. The highest BCUT2D eigenvalue weighted by atomic mass is 32.2. The lowest BCUT2D eigenvalue weighted by Crippen LogP contribution is -2.26. The molecular weight excluding hydrogens is 276 g/mol. The Kier molecular flexibility index (Phi) is 4.21. The van der Waals surface area contributed by atoms with Crippen LogP contribution in [0.3, 0.4) is 0 Å². The third-order valence-corrected chi connectivity index (χ3v) is 5.96. The third-order valence-electron chi connectivity index (χ3n) is 2.89. The summed E-state index contributed by atoms with van der Waals surface area (Å²) in [5.41, 5.74) is 0.390. The van der Waals surface area contributed by atoms with Gasteiger partial charge in [0.15, 0.2) is 4.21 Å². The normalized spacial score (nSPS) is 20.4. The van der Waals surface area contributed by atoms with Crippen LogP contribution in [0.2, 0.25) is 0 Å². The zero-order chi connectivity index (χ0) is 13.2. The summed E-state index contributed by atoms with van der Waals surface area (Å²) < 4.78 is 31.7. The van der Waals surface area contributed by atoms with Gasteiger partial charge in [-0.2, -0.15) is 0 Å². The van der Waals surface area contributed by atoms with Gasteiger partial charge in [-0.1, -0.05) is 11.3 Å². The molecule has 0 bridgehead atoms. The molecule has 18 heavy (non-hydrogen) atoms. The Bertz CT molecular complexity index is 555. The van der Waals surface area contributed by atoms with Crippen molar-refractivity contribution in [2.24, 2.45) is 5.92 Å². The summed E-state index contributed by atoms with van der Waals surface area (Å²) in [5, 5.41) is 0. The highest BCUT2D eigenvalue weighted by Crippen LogP contribution is 2.18. The first kappa shape index (κ1) is 13.7. The van der Waals surface area contributed by atoms with E-state index in [1.54, 1.807) is 6.92 Å². The van der Waals surface area contributed by atoms with Crippen LogP contribution < -0.4 is 9.60 Å². The first-order valence-corrected chi connectivity index (χ1v) is 8.06. The molecule has 0 spiro atoms. The molecule has 8 heteroatoms. The maximum absolute atomic E-state index is 11.9. The molecule has 0 saturated carbocycles. The standard InChI is InChI=1S/C10H16N2O4S2/c1-7-9(17-10(13)12-7)18(14,15)11-4-2-8-3-5-16-6-8/h8,11H,2-6H2,1H3,(H,12,13). The molecule has 1 aliphatic rings. The number of sulfonamides is 1. The predicted octanol–water partition coefficient (Wildman–Crippen LogP) is 0.450. The van der Waals surface area contributed by atoms with Crippen molar-refractivity contribution >= 4 is 21.4 Å². The topological polar surface area (TPSA) is 88.3 Å². The molecular formula is C10H16N2O4S2. The van der Waals surface area contributed by atoms with Crippen molar-refractivity contribution in [1.29, 1.82) is 0 Å². The quantitative estimate of drug-likeness (QED) is 0.824. The lowest BCUT2D eigenvalue weighted by Gasteiger charge is -2.08. The van der Waals surface area contributed by atoms with Crippen LogP contribution in [-0.4, -0.2) is 33.2 Å². The number of aromatic nitrogens is 1. The van der Waals surface area contributed by atoms with Crippen LogP contribution in [0.4, 0.5) is 0 Å². The number of ether oxygens (including phenoxy) is 1. The van der Waals surface area contributed by atoms with Crippen LogP contribution in [0.25, 0.3) is 0 Å². The molecule has 2 heterocycles. The van der Waals surface area contributed by atoms with Gasteiger partial charge in [-0.15, -0.1) is 0 Å². The number of rotatable bonds is 5. The molecule has 1 aromatic rings. The zero-order valence-corrected chi connectivity index (χ0v) is 11.7. The van der Waals surface area contributed by atoms with Gasteiger partial charge in [0.05, 0.1) is 0 Å². The summed E-state index contributed by atoms with van der Waals surface area (Å²) in [6, 6.07) is 0. The highest BCUT2D eigenvalue weighted by Gasteiger charge is 2.21. The lowest BCUT2D eigenvalue weighted by molar-refractivity contribution is 0.184. The molecule has 0 radical (unpaired) electrons. The second-order valence-electron chi connectivity index (χ2n) is 4.34. The van der Waals surface area contributed by atoms with Gasteiger partial charge in [-0.25, -0.2) is 13.1 Å². The Balaban J connectivity index is 1.95. The van der Waals surface area contributed by atoms with Crippen molar-refractivity contribution in [1.82, 2.24) is 9.71 Å². The van der Waals surface area contributed by atoms with E-state index < -0.39 is 10.0 Å². The van der Waals surface area contributed by atoms with Crippen molar-refractivity contribution in [3.8, 4) is 0 Å². The maximum atomic E-state index is 11.9. The highest BCUT2D eigenvalue weighted by molar-refractivity contribution is 7.91. The summed E-state index contributed by atoms with van der Waals surface area (Å²) in [6.07, 6.45) is 1.75.